The fraction of sp³-hybridized carbons (Fsp3) is 0.625. The molecule has 2 aliphatic rings. The summed E-state index contributed by atoms with van der Waals surface area (Å²) >= 11 is 0. The highest BCUT2D eigenvalue weighted by atomic mass is 19.4. The molecule has 2 heterocycles. The van der Waals surface area contributed by atoms with Gasteiger partial charge in [-0.05, 0) is 37.8 Å². The van der Waals surface area contributed by atoms with E-state index in [0.717, 1.165) is 25.1 Å². The first kappa shape index (κ1) is 17.2. The van der Waals surface area contributed by atoms with Crippen LogP contribution in [0, 0.1) is 5.41 Å². The quantitative estimate of drug-likeness (QED) is 0.878. The highest BCUT2D eigenvalue weighted by Crippen LogP contribution is 2.49. The Labute approximate surface area is 137 Å². The van der Waals surface area contributed by atoms with E-state index in [0.29, 0.717) is 19.4 Å². The molecule has 0 spiro atoms. The number of alkyl halides is 3. The van der Waals surface area contributed by atoms with E-state index < -0.39 is 28.9 Å². The summed E-state index contributed by atoms with van der Waals surface area (Å²) in [5, 5.41) is 12.1. The number of pyridine rings is 1. The molecule has 2 bridgehead atoms. The van der Waals surface area contributed by atoms with Gasteiger partial charge in [-0.2, -0.15) is 13.2 Å². The molecule has 3 rings (SSSR count). The molecule has 2 N–H and O–H groups in total. The van der Waals surface area contributed by atoms with E-state index in [2.05, 4.69) is 10.3 Å². The second kappa shape index (κ2) is 6.00. The lowest BCUT2D eigenvalue weighted by atomic mass is 9.71. The van der Waals surface area contributed by atoms with Gasteiger partial charge in [0, 0.05) is 18.2 Å². The molecule has 2 unspecified atom stereocenters. The number of nitrogens with one attached hydrogen (secondary N) is 1. The Kier molecular flexibility index (Phi) is 4.29. The summed E-state index contributed by atoms with van der Waals surface area (Å²) in [4.78, 5) is 15.5. The molecule has 5 nitrogen and oxygen atoms in total. The van der Waals surface area contributed by atoms with Gasteiger partial charge in [0.2, 0.25) is 0 Å². The number of hydrogen-bond acceptors (Lipinski definition) is 4. The van der Waals surface area contributed by atoms with Crippen LogP contribution in [-0.2, 0) is 10.9 Å². The van der Waals surface area contributed by atoms with Crippen molar-refractivity contribution in [1.29, 1.82) is 0 Å². The maximum absolute atomic E-state index is 13.0. The number of carbonyl (C=O) groups excluding carboxylic acids is 1. The average Bonchev–Trinajstić information content (AvgIpc) is 2.83. The topological polar surface area (TPSA) is 71.5 Å². The Morgan fingerprint density at radius 3 is 2.92 bits per heavy atom. The van der Waals surface area contributed by atoms with Crippen LogP contribution in [0.25, 0.3) is 0 Å². The Hall–Kier alpha value is -1.67. The number of carbonyl (C=O) groups is 1. The molecule has 2 atom stereocenters. The monoisotopic (exact) mass is 344 g/mol. The maximum atomic E-state index is 13.0. The van der Waals surface area contributed by atoms with Gasteiger partial charge in [-0.15, -0.1) is 0 Å². The number of nitrogens with zero attached hydrogens (tertiary/aromatic N) is 1. The minimum Gasteiger partial charge on any atom is -0.396 e. The van der Waals surface area contributed by atoms with Gasteiger partial charge in [0.1, 0.15) is 0 Å². The van der Waals surface area contributed by atoms with E-state index >= 15 is 0 Å². The van der Waals surface area contributed by atoms with Gasteiger partial charge in [-0.25, -0.2) is 0 Å². The third kappa shape index (κ3) is 3.12. The fourth-order valence-electron chi connectivity index (χ4n) is 3.73. The normalized spacial score (nSPS) is 29.5. The van der Waals surface area contributed by atoms with Gasteiger partial charge in [-0.3, -0.25) is 9.78 Å². The van der Waals surface area contributed by atoms with Crippen LogP contribution in [0.3, 0.4) is 0 Å². The van der Waals surface area contributed by atoms with E-state index in [1.54, 1.807) is 0 Å². The van der Waals surface area contributed by atoms with E-state index in [1.165, 1.54) is 6.07 Å². The molecule has 132 valence electrons. The molecule has 1 aliphatic heterocycles. The highest BCUT2D eigenvalue weighted by Gasteiger charge is 2.52. The van der Waals surface area contributed by atoms with Gasteiger partial charge in [0.15, 0.2) is 5.69 Å². The smallest absolute Gasteiger partial charge is 0.396 e. The van der Waals surface area contributed by atoms with Gasteiger partial charge in [-0.1, -0.05) is 0 Å². The third-order valence-corrected chi connectivity index (χ3v) is 4.95. The molecular weight excluding hydrogens is 325 g/mol. The van der Waals surface area contributed by atoms with Crippen molar-refractivity contribution in [3.8, 4) is 0 Å². The zero-order chi connectivity index (χ0) is 17.4. The van der Waals surface area contributed by atoms with Crippen molar-refractivity contribution < 1.29 is 27.8 Å². The molecule has 0 radical (unpaired) electrons. The zero-order valence-electron chi connectivity index (χ0n) is 13.0. The second-order valence-corrected chi connectivity index (χ2v) is 6.74. The number of hydrogen-bond donors (Lipinski definition) is 2. The molecule has 1 aliphatic carbocycles. The molecule has 1 saturated heterocycles. The summed E-state index contributed by atoms with van der Waals surface area (Å²) in [7, 11) is 0. The molecule has 8 heteroatoms. The van der Waals surface area contributed by atoms with Crippen LogP contribution in [0.1, 0.15) is 41.7 Å². The molecule has 0 aromatic carbocycles. The molecule has 2 fully saturated rings. The lowest BCUT2D eigenvalue weighted by Gasteiger charge is -2.36. The lowest BCUT2D eigenvalue weighted by Crippen LogP contribution is -2.45. The summed E-state index contributed by atoms with van der Waals surface area (Å²) in [5.74, 6) is -0.819. The van der Waals surface area contributed by atoms with E-state index in [-0.39, 0.29) is 18.6 Å². The Bertz CT molecular complexity index is 637. The Morgan fingerprint density at radius 1 is 1.42 bits per heavy atom. The number of rotatable bonds is 4. The van der Waals surface area contributed by atoms with Crippen molar-refractivity contribution in [1.82, 2.24) is 10.3 Å². The fourth-order valence-corrected chi connectivity index (χ4v) is 3.73. The van der Waals surface area contributed by atoms with Gasteiger partial charge in [0.25, 0.3) is 5.91 Å². The minimum absolute atomic E-state index is 0.0174. The first-order valence-corrected chi connectivity index (χ1v) is 7.85. The summed E-state index contributed by atoms with van der Waals surface area (Å²) in [6.07, 6.45) is -0.636. The molecule has 1 amide bonds. The van der Waals surface area contributed by atoms with Crippen LogP contribution in [-0.4, -0.2) is 41.4 Å². The molecule has 24 heavy (non-hydrogen) atoms. The maximum Gasteiger partial charge on any atom is 0.434 e. The number of aliphatic hydroxyl groups excluding tert-OH is 1. The van der Waals surface area contributed by atoms with Crippen molar-refractivity contribution in [3.63, 3.8) is 0 Å². The van der Waals surface area contributed by atoms with E-state index in [9.17, 15) is 23.1 Å². The van der Waals surface area contributed by atoms with Crippen LogP contribution in [0.5, 0.6) is 0 Å². The molecular formula is C16H19F3N2O3. The summed E-state index contributed by atoms with van der Waals surface area (Å²) in [6, 6.07) is 2.41. The van der Waals surface area contributed by atoms with Crippen molar-refractivity contribution >= 4 is 5.91 Å². The molecule has 1 aromatic rings. The van der Waals surface area contributed by atoms with Gasteiger partial charge >= 0.3 is 6.18 Å². The van der Waals surface area contributed by atoms with Crippen molar-refractivity contribution in [2.24, 2.45) is 5.41 Å². The summed E-state index contributed by atoms with van der Waals surface area (Å²) in [5.41, 5.74) is -2.57. The van der Waals surface area contributed by atoms with Crippen LogP contribution in [0.4, 0.5) is 13.2 Å². The van der Waals surface area contributed by atoms with Crippen molar-refractivity contribution in [2.45, 2.75) is 37.5 Å². The lowest BCUT2D eigenvalue weighted by molar-refractivity contribution is -0.141. The van der Waals surface area contributed by atoms with E-state index in [4.69, 9.17) is 4.74 Å². The number of amides is 1. The van der Waals surface area contributed by atoms with Crippen molar-refractivity contribution in [3.05, 3.63) is 29.6 Å². The first-order chi connectivity index (χ1) is 11.3. The standard InChI is InChI=1S/C16H19F3N2O3/c17-16(18,19)12-11(3-1-6-20-12)13(23)21-8-15-5-2-4-14(7-15,9-22)10-24-15/h1,3,6,22H,2,4-5,7-10H2,(H,21,23). The number of fused-ring (bicyclic) bond motifs is 2. The Balaban J connectivity index is 1.71. The number of ether oxygens (including phenoxy) is 1. The summed E-state index contributed by atoms with van der Waals surface area (Å²) < 4.78 is 44.7. The number of halogens is 3. The van der Waals surface area contributed by atoms with Crippen LogP contribution in [0.15, 0.2) is 18.3 Å². The summed E-state index contributed by atoms with van der Waals surface area (Å²) in [6.45, 7) is 0.559. The van der Waals surface area contributed by atoms with E-state index in [1.807, 2.05) is 0 Å². The predicted molar refractivity (Wildman–Crippen MR) is 78.2 cm³/mol. The number of aliphatic hydroxyl groups is 1. The second-order valence-electron chi connectivity index (χ2n) is 6.74. The van der Waals surface area contributed by atoms with Crippen LogP contribution < -0.4 is 5.32 Å². The van der Waals surface area contributed by atoms with Crippen LogP contribution in [0.2, 0.25) is 0 Å². The largest absolute Gasteiger partial charge is 0.434 e. The number of aromatic nitrogens is 1. The third-order valence-electron chi connectivity index (χ3n) is 4.95. The highest BCUT2D eigenvalue weighted by molar-refractivity contribution is 5.95. The predicted octanol–water partition coefficient (Wildman–Crippen LogP) is 2.15. The van der Waals surface area contributed by atoms with Crippen molar-refractivity contribution in [2.75, 3.05) is 19.8 Å². The SMILES string of the molecule is O=C(NCC12CCCC(CO)(CO1)C2)c1cccnc1C(F)(F)F. The van der Waals surface area contributed by atoms with Crippen LogP contribution >= 0.6 is 0 Å². The molecule has 1 aromatic heterocycles. The van der Waals surface area contributed by atoms with Gasteiger partial charge in [0.05, 0.1) is 24.4 Å². The minimum atomic E-state index is -4.69. The Morgan fingerprint density at radius 2 is 2.21 bits per heavy atom. The average molecular weight is 344 g/mol. The first-order valence-electron chi connectivity index (χ1n) is 7.85. The zero-order valence-corrected chi connectivity index (χ0v) is 13.0. The molecule has 1 saturated carbocycles. The van der Waals surface area contributed by atoms with Gasteiger partial charge < -0.3 is 15.2 Å².